The topological polar surface area (TPSA) is 37.4 Å². The number of piperidine rings is 1. The van der Waals surface area contributed by atoms with Crippen LogP contribution in [0.25, 0.3) is 0 Å². The molecule has 21 heavy (non-hydrogen) atoms. The van der Waals surface area contributed by atoms with Gasteiger partial charge in [-0.25, -0.2) is 8.42 Å². The Bertz CT molecular complexity index is 599. The van der Waals surface area contributed by atoms with E-state index in [1.807, 2.05) is 19.1 Å². The molecule has 0 N–H and O–H groups in total. The van der Waals surface area contributed by atoms with Crippen LogP contribution in [0.15, 0.2) is 27.6 Å². The fourth-order valence-corrected chi connectivity index (χ4v) is 5.35. The molecule has 0 unspecified atom stereocenters. The first-order valence-electron chi connectivity index (χ1n) is 7.61. The van der Waals surface area contributed by atoms with Gasteiger partial charge >= 0.3 is 0 Å². The molecule has 1 saturated heterocycles. The smallest absolute Gasteiger partial charge is 0.207 e. The highest BCUT2D eigenvalue weighted by atomic mass is 79.9. The molecule has 0 spiro atoms. The minimum atomic E-state index is -3.38. The molecule has 1 fully saturated rings. The molecular weight excluding hydrogens is 350 g/mol. The highest BCUT2D eigenvalue weighted by Gasteiger charge is 2.36. The molecule has 0 atom stereocenters. The Hall–Kier alpha value is -0.390. The first kappa shape index (κ1) is 17.0. The van der Waals surface area contributed by atoms with Crippen LogP contribution in [0.3, 0.4) is 0 Å². The SMILES string of the molecule is CCC1(CC)CCN(S(=O)(=O)c2cc(Br)ccc2C)CC1. The molecule has 0 radical (unpaired) electrons. The predicted molar refractivity (Wildman–Crippen MR) is 89.9 cm³/mol. The van der Waals surface area contributed by atoms with E-state index in [1.54, 1.807) is 10.4 Å². The van der Waals surface area contributed by atoms with Crippen LogP contribution in [0.1, 0.15) is 45.1 Å². The quantitative estimate of drug-likeness (QED) is 0.786. The predicted octanol–water partition coefficient (Wildman–Crippen LogP) is 4.35. The highest BCUT2D eigenvalue weighted by Crippen LogP contribution is 2.39. The van der Waals surface area contributed by atoms with E-state index in [4.69, 9.17) is 0 Å². The summed E-state index contributed by atoms with van der Waals surface area (Å²) in [5.41, 5.74) is 1.14. The van der Waals surface area contributed by atoms with E-state index in [0.29, 0.717) is 23.4 Å². The maximum atomic E-state index is 12.9. The largest absolute Gasteiger partial charge is 0.243 e. The molecule has 118 valence electrons. The highest BCUT2D eigenvalue weighted by molar-refractivity contribution is 9.10. The van der Waals surface area contributed by atoms with Gasteiger partial charge in [-0.15, -0.1) is 0 Å². The molecule has 1 aromatic carbocycles. The maximum Gasteiger partial charge on any atom is 0.243 e. The molecule has 0 saturated carbocycles. The summed E-state index contributed by atoms with van der Waals surface area (Å²) in [7, 11) is -3.38. The molecule has 0 amide bonds. The van der Waals surface area contributed by atoms with Crippen molar-refractivity contribution in [2.24, 2.45) is 5.41 Å². The average molecular weight is 374 g/mol. The number of aryl methyl sites for hydroxylation is 1. The van der Waals surface area contributed by atoms with Gasteiger partial charge in [0.25, 0.3) is 0 Å². The summed E-state index contributed by atoms with van der Waals surface area (Å²) in [6.07, 6.45) is 4.19. The number of sulfonamides is 1. The van der Waals surface area contributed by atoms with Crippen molar-refractivity contribution in [2.45, 2.75) is 51.3 Å². The second-order valence-electron chi connectivity index (χ2n) is 6.02. The normalized spacial score (nSPS) is 19.6. The Balaban J connectivity index is 2.24. The van der Waals surface area contributed by atoms with Gasteiger partial charge in [-0.2, -0.15) is 4.31 Å². The zero-order valence-electron chi connectivity index (χ0n) is 13.0. The van der Waals surface area contributed by atoms with Crippen molar-refractivity contribution >= 4 is 26.0 Å². The van der Waals surface area contributed by atoms with E-state index >= 15 is 0 Å². The van der Waals surface area contributed by atoms with Crippen molar-refractivity contribution in [2.75, 3.05) is 13.1 Å². The Morgan fingerprint density at radius 2 is 1.76 bits per heavy atom. The lowest BCUT2D eigenvalue weighted by molar-refractivity contribution is 0.141. The fraction of sp³-hybridized carbons (Fsp3) is 0.625. The Labute approximate surface area is 136 Å². The van der Waals surface area contributed by atoms with Crippen molar-refractivity contribution in [3.05, 3.63) is 28.2 Å². The average Bonchev–Trinajstić information content (AvgIpc) is 2.49. The van der Waals surface area contributed by atoms with Crippen LogP contribution in [0, 0.1) is 12.3 Å². The van der Waals surface area contributed by atoms with E-state index in [-0.39, 0.29) is 0 Å². The third-order valence-corrected chi connectivity index (χ3v) is 7.58. The summed E-state index contributed by atoms with van der Waals surface area (Å²) in [5.74, 6) is 0. The van der Waals surface area contributed by atoms with Gasteiger partial charge in [0.2, 0.25) is 10.0 Å². The number of hydrogen-bond donors (Lipinski definition) is 0. The standard InChI is InChI=1S/C16H24BrNO2S/c1-4-16(5-2)8-10-18(11-9-16)21(19,20)15-12-14(17)7-6-13(15)3/h6-7,12H,4-5,8-11H2,1-3H3. The number of hydrogen-bond acceptors (Lipinski definition) is 2. The Morgan fingerprint density at radius 1 is 1.19 bits per heavy atom. The molecular formula is C16H24BrNO2S. The molecule has 1 aliphatic rings. The zero-order valence-corrected chi connectivity index (χ0v) is 15.4. The minimum absolute atomic E-state index is 0.332. The van der Waals surface area contributed by atoms with Crippen LogP contribution in [0.4, 0.5) is 0 Å². The molecule has 1 aromatic rings. The molecule has 1 heterocycles. The summed E-state index contributed by atoms with van der Waals surface area (Å²) in [4.78, 5) is 0.428. The minimum Gasteiger partial charge on any atom is -0.207 e. The van der Waals surface area contributed by atoms with Crippen LogP contribution in [0.5, 0.6) is 0 Å². The first-order chi connectivity index (χ1) is 9.84. The Kier molecular flexibility index (Phi) is 5.16. The van der Waals surface area contributed by atoms with Crippen LogP contribution < -0.4 is 0 Å². The molecule has 0 aliphatic carbocycles. The van der Waals surface area contributed by atoms with E-state index in [2.05, 4.69) is 29.8 Å². The molecule has 1 aliphatic heterocycles. The molecule has 0 aromatic heterocycles. The first-order valence-corrected chi connectivity index (χ1v) is 9.84. The van der Waals surface area contributed by atoms with E-state index in [9.17, 15) is 8.42 Å². The van der Waals surface area contributed by atoms with Crippen molar-refractivity contribution in [3.8, 4) is 0 Å². The van der Waals surface area contributed by atoms with Gasteiger partial charge in [0.1, 0.15) is 0 Å². The number of halogens is 1. The second kappa shape index (κ2) is 6.39. The van der Waals surface area contributed by atoms with Crippen molar-refractivity contribution in [3.63, 3.8) is 0 Å². The molecule has 5 heteroatoms. The lowest BCUT2D eigenvalue weighted by atomic mass is 9.75. The summed E-state index contributed by atoms with van der Waals surface area (Å²) >= 11 is 3.37. The van der Waals surface area contributed by atoms with Crippen LogP contribution in [-0.2, 0) is 10.0 Å². The third-order valence-electron chi connectivity index (χ3n) is 5.05. The van der Waals surface area contributed by atoms with E-state index in [0.717, 1.165) is 35.7 Å². The lowest BCUT2D eigenvalue weighted by Gasteiger charge is -2.40. The van der Waals surface area contributed by atoms with Crippen molar-refractivity contribution in [1.29, 1.82) is 0 Å². The van der Waals surface area contributed by atoms with Gasteiger partial charge in [-0.3, -0.25) is 0 Å². The van der Waals surface area contributed by atoms with Gasteiger partial charge in [0.05, 0.1) is 4.90 Å². The second-order valence-corrected chi connectivity index (χ2v) is 8.84. The number of rotatable bonds is 4. The number of benzene rings is 1. The summed E-state index contributed by atoms with van der Waals surface area (Å²) in [6, 6.07) is 5.44. The number of nitrogens with zero attached hydrogens (tertiary/aromatic N) is 1. The van der Waals surface area contributed by atoms with Gasteiger partial charge in [0.15, 0.2) is 0 Å². The van der Waals surface area contributed by atoms with Gasteiger partial charge < -0.3 is 0 Å². The third kappa shape index (κ3) is 3.35. The molecule has 2 rings (SSSR count). The van der Waals surface area contributed by atoms with Crippen LogP contribution >= 0.6 is 15.9 Å². The van der Waals surface area contributed by atoms with Crippen LogP contribution in [0.2, 0.25) is 0 Å². The fourth-order valence-electron chi connectivity index (χ4n) is 3.15. The molecule has 3 nitrogen and oxygen atoms in total. The summed E-state index contributed by atoms with van der Waals surface area (Å²) in [6.45, 7) is 7.55. The van der Waals surface area contributed by atoms with Gasteiger partial charge in [-0.1, -0.05) is 48.7 Å². The van der Waals surface area contributed by atoms with Crippen LogP contribution in [-0.4, -0.2) is 25.8 Å². The van der Waals surface area contributed by atoms with E-state index < -0.39 is 10.0 Å². The van der Waals surface area contributed by atoms with E-state index in [1.165, 1.54) is 0 Å². The molecule has 0 bridgehead atoms. The Morgan fingerprint density at radius 3 is 2.29 bits per heavy atom. The monoisotopic (exact) mass is 373 g/mol. The van der Waals surface area contributed by atoms with Gasteiger partial charge in [0, 0.05) is 17.6 Å². The summed E-state index contributed by atoms with van der Waals surface area (Å²) in [5, 5.41) is 0. The summed E-state index contributed by atoms with van der Waals surface area (Å²) < 4.78 is 28.2. The lowest BCUT2D eigenvalue weighted by Crippen LogP contribution is -2.42. The van der Waals surface area contributed by atoms with Gasteiger partial charge in [-0.05, 0) is 42.9 Å². The maximum absolute atomic E-state index is 12.9. The van der Waals surface area contributed by atoms with Crippen molar-refractivity contribution < 1.29 is 8.42 Å². The van der Waals surface area contributed by atoms with Crippen molar-refractivity contribution in [1.82, 2.24) is 4.31 Å². The zero-order chi connectivity index (χ0) is 15.7.